The lowest BCUT2D eigenvalue weighted by Gasteiger charge is -2.30. The van der Waals surface area contributed by atoms with Crippen LogP contribution in [-0.2, 0) is 17.8 Å². The van der Waals surface area contributed by atoms with Gasteiger partial charge in [-0.05, 0) is 36.5 Å². The largest absolute Gasteiger partial charge is 0.398 e. The topological polar surface area (TPSA) is 49.6 Å². The zero-order valence-corrected chi connectivity index (χ0v) is 11.3. The zero-order chi connectivity index (χ0) is 13.2. The standard InChI is InChI=1S/C15H21N3O/c16-14-5-3-4-12-10-17(9-6-13(12)14)11-15(19)18-7-1-2-8-18/h3-5H,1-2,6-11,16H2. The van der Waals surface area contributed by atoms with Crippen LogP contribution in [0, 0.1) is 0 Å². The summed E-state index contributed by atoms with van der Waals surface area (Å²) in [5, 5.41) is 0. The van der Waals surface area contributed by atoms with Gasteiger partial charge in [0.1, 0.15) is 0 Å². The van der Waals surface area contributed by atoms with Gasteiger partial charge in [-0.25, -0.2) is 0 Å². The summed E-state index contributed by atoms with van der Waals surface area (Å²) in [5.74, 6) is 0.282. The molecule has 1 aromatic rings. The van der Waals surface area contributed by atoms with Crippen LogP contribution in [0.4, 0.5) is 5.69 Å². The number of hydrogen-bond donors (Lipinski definition) is 1. The first kappa shape index (κ1) is 12.5. The van der Waals surface area contributed by atoms with E-state index in [0.29, 0.717) is 6.54 Å². The molecule has 0 radical (unpaired) electrons. The molecule has 2 N–H and O–H groups in total. The number of nitrogen functional groups attached to an aromatic ring is 1. The van der Waals surface area contributed by atoms with Crippen LogP contribution in [0.15, 0.2) is 18.2 Å². The van der Waals surface area contributed by atoms with Gasteiger partial charge in [0.2, 0.25) is 5.91 Å². The number of carbonyl (C=O) groups excluding carboxylic acids is 1. The van der Waals surface area contributed by atoms with Crippen molar-refractivity contribution in [2.24, 2.45) is 0 Å². The minimum atomic E-state index is 0.282. The molecule has 102 valence electrons. The maximum absolute atomic E-state index is 12.2. The van der Waals surface area contributed by atoms with Gasteiger partial charge in [-0.15, -0.1) is 0 Å². The Labute approximate surface area is 114 Å². The molecule has 1 saturated heterocycles. The summed E-state index contributed by atoms with van der Waals surface area (Å²) >= 11 is 0. The summed E-state index contributed by atoms with van der Waals surface area (Å²) < 4.78 is 0. The van der Waals surface area contributed by atoms with E-state index < -0.39 is 0 Å². The lowest BCUT2D eigenvalue weighted by molar-refractivity contribution is -0.131. The van der Waals surface area contributed by atoms with Crippen LogP contribution in [-0.4, -0.2) is 41.9 Å². The van der Waals surface area contributed by atoms with Gasteiger partial charge in [-0.3, -0.25) is 9.69 Å². The molecule has 0 saturated carbocycles. The van der Waals surface area contributed by atoms with Crippen molar-refractivity contribution in [1.82, 2.24) is 9.80 Å². The average molecular weight is 259 g/mol. The molecule has 0 aromatic heterocycles. The molecule has 2 heterocycles. The second-order valence-corrected chi connectivity index (χ2v) is 5.53. The van der Waals surface area contributed by atoms with Crippen LogP contribution in [0.25, 0.3) is 0 Å². The number of fused-ring (bicyclic) bond motifs is 1. The maximum atomic E-state index is 12.2. The molecule has 4 heteroatoms. The Morgan fingerprint density at radius 1 is 1.21 bits per heavy atom. The van der Waals surface area contributed by atoms with Crippen molar-refractivity contribution in [3.63, 3.8) is 0 Å². The number of rotatable bonds is 2. The van der Waals surface area contributed by atoms with Crippen molar-refractivity contribution in [3.05, 3.63) is 29.3 Å². The molecule has 2 aliphatic rings. The van der Waals surface area contributed by atoms with Crippen molar-refractivity contribution < 1.29 is 4.79 Å². The quantitative estimate of drug-likeness (QED) is 0.813. The fourth-order valence-corrected chi connectivity index (χ4v) is 3.09. The summed E-state index contributed by atoms with van der Waals surface area (Å²) in [4.78, 5) is 16.4. The third kappa shape index (κ3) is 2.59. The maximum Gasteiger partial charge on any atom is 0.236 e. The van der Waals surface area contributed by atoms with Crippen molar-refractivity contribution in [2.45, 2.75) is 25.8 Å². The first-order valence-corrected chi connectivity index (χ1v) is 7.10. The second-order valence-electron chi connectivity index (χ2n) is 5.53. The number of hydrogen-bond acceptors (Lipinski definition) is 3. The highest BCUT2D eigenvalue weighted by atomic mass is 16.2. The Balaban J connectivity index is 1.64. The van der Waals surface area contributed by atoms with Crippen LogP contribution in [0.3, 0.4) is 0 Å². The van der Waals surface area contributed by atoms with Crippen LogP contribution < -0.4 is 5.73 Å². The molecule has 19 heavy (non-hydrogen) atoms. The lowest BCUT2D eigenvalue weighted by atomic mass is 9.98. The molecule has 2 aliphatic heterocycles. The molecule has 4 nitrogen and oxygen atoms in total. The fourth-order valence-electron chi connectivity index (χ4n) is 3.09. The van der Waals surface area contributed by atoms with Gasteiger partial charge in [0.15, 0.2) is 0 Å². The summed E-state index contributed by atoms with van der Waals surface area (Å²) in [5.41, 5.74) is 9.43. The predicted octanol–water partition coefficient (Wildman–Crippen LogP) is 1.25. The number of nitrogens with two attached hydrogens (primary N) is 1. The van der Waals surface area contributed by atoms with E-state index in [1.54, 1.807) is 0 Å². The Hall–Kier alpha value is -1.55. The van der Waals surface area contributed by atoms with E-state index in [2.05, 4.69) is 11.0 Å². The monoisotopic (exact) mass is 259 g/mol. The Kier molecular flexibility index (Phi) is 3.42. The summed E-state index contributed by atoms with van der Waals surface area (Å²) in [6.45, 7) is 4.21. The summed E-state index contributed by atoms with van der Waals surface area (Å²) in [6, 6.07) is 6.09. The van der Waals surface area contributed by atoms with Gasteiger partial charge in [-0.2, -0.15) is 0 Å². The molecule has 0 atom stereocenters. The van der Waals surface area contributed by atoms with Gasteiger partial charge < -0.3 is 10.6 Å². The molecule has 0 bridgehead atoms. The van der Waals surface area contributed by atoms with Crippen molar-refractivity contribution in [2.75, 3.05) is 31.9 Å². The zero-order valence-electron chi connectivity index (χ0n) is 11.3. The molecule has 0 spiro atoms. The summed E-state index contributed by atoms with van der Waals surface area (Å²) in [6.07, 6.45) is 3.27. The van der Waals surface area contributed by atoms with E-state index in [1.165, 1.54) is 11.1 Å². The normalized spacial score (nSPS) is 19.5. The number of benzene rings is 1. The van der Waals surface area contributed by atoms with E-state index >= 15 is 0 Å². The van der Waals surface area contributed by atoms with Crippen LogP contribution in [0.1, 0.15) is 24.0 Å². The van der Waals surface area contributed by atoms with Crippen LogP contribution in [0.2, 0.25) is 0 Å². The van der Waals surface area contributed by atoms with Gasteiger partial charge in [0, 0.05) is 31.9 Å². The van der Waals surface area contributed by atoms with Gasteiger partial charge >= 0.3 is 0 Å². The first-order chi connectivity index (χ1) is 9.24. The minimum absolute atomic E-state index is 0.282. The van der Waals surface area contributed by atoms with Crippen molar-refractivity contribution in [1.29, 1.82) is 0 Å². The molecular weight excluding hydrogens is 238 g/mol. The molecule has 0 aliphatic carbocycles. The third-order valence-corrected chi connectivity index (χ3v) is 4.20. The molecule has 0 unspecified atom stereocenters. The van der Waals surface area contributed by atoms with Crippen LogP contribution >= 0.6 is 0 Å². The van der Waals surface area contributed by atoms with E-state index in [-0.39, 0.29) is 5.91 Å². The van der Waals surface area contributed by atoms with E-state index in [9.17, 15) is 4.79 Å². The third-order valence-electron chi connectivity index (χ3n) is 4.20. The smallest absolute Gasteiger partial charge is 0.236 e. The van der Waals surface area contributed by atoms with Crippen LogP contribution in [0.5, 0.6) is 0 Å². The first-order valence-electron chi connectivity index (χ1n) is 7.10. The van der Waals surface area contributed by atoms with Gasteiger partial charge in [0.25, 0.3) is 0 Å². The number of amides is 1. The molecule has 1 aromatic carbocycles. The molecule has 1 fully saturated rings. The predicted molar refractivity (Wildman–Crippen MR) is 75.6 cm³/mol. The highest BCUT2D eigenvalue weighted by Crippen LogP contribution is 2.24. The number of nitrogens with zero attached hydrogens (tertiary/aromatic N) is 2. The van der Waals surface area contributed by atoms with E-state index in [1.807, 2.05) is 17.0 Å². The minimum Gasteiger partial charge on any atom is -0.398 e. The average Bonchev–Trinajstić information content (AvgIpc) is 2.93. The summed E-state index contributed by atoms with van der Waals surface area (Å²) in [7, 11) is 0. The van der Waals surface area contributed by atoms with Crippen molar-refractivity contribution in [3.8, 4) is 0 Å². The van der Waals surface area contributed by atoms with Crippen molar-refractivity contribution >= 4 is 11.6 Å². The number of likely N-dealkylation sites (tertiary alicyclic amines) is 1. The van der Waals surface area contributed by atoms with E-state index in [4.69, 9.17) is 5.73 Å². The lowest BCUT2D eigenvalue weighted by Crippen LogP contribution is -2.41. The highest BCUT2D eigenvalue weighted by Gasteiger charge is 2.23. The van der Waals surface area contributed by atoms with E-state index in [0.717, 1.165) is 51.1 Å². The SMILES string of the molecule is Nc1cccc2c1CCN(CC(=O)N1CCCC1)C2. The number of carbonyl (C=O) groups is 1. The highest BCUT2D eigenvalue weighted by molar-refractivity contribution is 5.78. The van der Waals surface area contributed by atoms with Gasteiger partial charge in [0.05, 0.1) is 6.54 Å². The second kappa shape index (κ2) is 5.21. The number of anilines is 1. The molecule has 3 rings (SSSR count). The van der Waals surface area contributed by atoms with Gasteiger partial charge in [-0.1, -0.05) is 12.1 Å². The Morgan fingerprint density at radius 2 is 2.00 bits per heavy atom. The Bertz CT molecular complexity index is 480. The fraction of sp³-hybridized carbons (Fsp3) is 0.533. The molecule has 1 amide bonds. The molecular formula is C15H21N3O. The Morgan fingerprint density at radius 3 is 2.79 bits per heavy atom.